The normalized spacial score (nSPS) is 13.2. The van der Waals surface area contributed by atoms with Gasteiger partial charge in [0.05, 0.1) is 12.8 Å². The van der Waals surface area contributed by atoms with Gasteiger partial charge in [0, 0.05) is 25.7 Å². The first kappa shape index (κ1) is 17.8. The highest BCUT2D eigenvalue weighted by atomic mass is 32.2. The molecule has 1 amide bonds. The van der Waals surface area contributed by atoms with E-state index in [1.165, 1.54) is 4.90 Å². The van der Waals surface area contributed by atoms with E-state index in [-0.39, 0.29) is 5.91 Å². The fourth-order valence-electron chi connectivity index (χ4n) is 2.71. The summed E-state index contributed by atoms with van der Waals surface area (Å²) in [6.07, 6.45) is 1.65. The lowest BCUT2D eigenvalue weighted by Crippen LogP contribution is -2.07. The van der Waals surface area contributed by atoms with Crippen LogP contribution in [0.25, 0.3) is 4.91 Å². The summed E-state index contributed by atoms with van der Waals surface area (Å²) < 4.78 is 5.22. The minimum absolute atomic E-state index is 0.115. The Labute approximate surface area is 166 Å². The van der Waals surface area contributed by atoms with Crippen molar-refractivity contribution in [3.63, 3.8) is 0 Å². The quantitative estimate of drug-likeness (QED) is 0.598. The van der Waals surface area contributed by atoms with Gasteiger partial charge in [-0.15, -0.1) is 0 Å². The fourth-order valence-corrected chi connectivity index (χ4v) is 4.74. The smallest absolute Gasteiger partial charge is 0.249 e. The Morgan fingerprint density at radius 1 is 0.926 bits per heavy atom. The van der Waals surface area contributed by atoms with Crippen LogP contribution in [0.3, 0.4) is 0 Å². The Hall–Kier alpha value is -2.63. The van der Waals surface area contributed by atoms with Gasteiger partial charge < -0.3 is 10.1 Å². The molecule has 0 atom stereocenters. The van der Waals surface area contributed by atoms with Crippen molar-refractivity contribution in [2.24, 2.45) is 0 Å². The first-order chi connectivity index (χ1) is 13.2. The number of ether oxygens (including phenoxy) is 1. The second kappa shape index (κ2) is 7.94. The standard InChI is InChI=1S/C22H17NO2S2/c1-25-16-9-7-15(8-10-16)20-14-22(24)23-19-12-11-18(13-21(19)27-20)26-17-5-3-2-4-6-17/h2-14H,1H3,(H,23,24). The SMILES string of the molecule is COc1ccc(C2=CC(=O)Nc3ccc(Sc4ccccc4)cc3S2)cc1. The number of nitrogens with one attached hydrogen (secondary N) is 1. The van der Waals surface area contributed by atoms with E-state index in [0.29, 0.717) is 0 Å². The predicted molar refractivity (Wildman–Crippen MR) is 112 cm³/mol. The van der Waals surface area contributed by atoms with E-state index in [2.05, 4.69) is 23.5 Å². The monoisotopic (exact) mass is 391 g/mol. The molecule has 3 aromatic rings. The molecule has 0 bridgehead atoms. The van der Waals surface area contributed by atoms with Gasteiger partial charge in [0.1, 0.15) is 5.75 Å². The summed E-state index contributed by atoms with van der Waals surface area (Å²) in [6.45, 7) is 0. The summed E-state index contributed by atoms with van der Waals surface area (Å²) in [4.78, 5) is 16.6. The Morgan fingerprint density at radius 2 is 1.70 bits per heavy atom. The van der Waals surface area contributed by atoms with Crippen molar-refractivity contribution in [2.45, 2.75) is 14.7 Å². The zero-order valence-electron chi connectivity index (χ0n) is 14.6. The molecule has 134 valence electrons. The summed E-state index contributed by atoms with van der Waals surface area (Å²) in [7, 11) is 1.64. The van der Waals surface area contributed by atoms with Crippen molar-refractivity contribution in [1.82, 2.24) is 0 Å². The maximum absolute atomic E-state index is 12.3. The number of thioether (sulfide) groups is 1. The number of hydrogen-bond acceptors (Lipinski definition) is 4. The van der Waals surface area contributed by atoms with Crippen LogP contribution >= 0.6 is 23.5 Å². The minimum atomic E-state index is -0.115. The third-order valence-corrected chi connectivity index (χ3v) is 6.18. The molecule has 4 rings (SSSR count). The molecule has 3 nitrogen and oxygen atoms in total. The molecule has 5 heteroatoms. The average molecular weight is 392 g/mol. The summed E-state index contributed by atoms with van der Waals surface area (Å²) in [6, 6.07) is 24.1. The summed E-state index contributed by atoms with van der Waals surface area (Å²) >= 11 is 3.30. The molecule has 0 unspecified atom stereocenters. The lowest BCUT2D eigenvalue weighted by atomic mass is 10.2. The lowest BCUT2D eigenvalue weighted by Gasteiger charge is -2.10. The number of carbonyl (C=O) groups is 1. The van der Waals surface area contributed by atoms with Gasteiger partial charge in [-0.25, -0.2) is 0 Å². The molecular weight excluding hydrogens is 374 g/mol. The number of benzene rings is 3. The summed E-state index contributed by atoms with van der Waals surface area (Å²) in [5.74, 6) is 0.680. The van der Waals surface area contributed by atoms with Crippen LogP contribution < -0.4 is 10.1 Å². The molecule has 1 heterocycles. The van der Waals surface area contributed by atoms with Crippen molar-refractivity contribution in [1.29, 1.82) is 0 Å². The van der Waals surface area contributed by atoms with Gasteiger partial charge >= 0.3 is 0 Å². The molecule has 1 aliphatic heterocycles. The average Bonchev–Trinajstić information content (AvgIpc) is 2.86. The number of fused-ring (bicyclic) bond motifs is 1. The van der Waals surface area contributed by atoms with E-state index >= 15 is 0 Å². The Kier molecular flexibility index (Phi) is 5.23. The van der Waals surface area contributed by atoms with Gasteiger partial charge in [0.25, 0.3) is 0 Å². The highest BCUT2D eigenvalue weighted by Gasteiger charge is 2.17. The molecule has 0 saturated heterocycles. The van der Waals surface area contributed by atoms with Crippen LogP contribution in [0.1, 0.15) is 5.56 Å². The van der Waals surface area contributed by atoms with Crippen LogP contribution in [-0.2, 0) is 4.79 Å². The van der Waals surface area contributed by atoms with Gasteiger partial charge in [-0.1, -0.05) is 53.9 Å². The van der Waals surface area contributed by atoms with Crippen LogP contribution in [0.2, 0.25) is 0 Å². The molecule has 0 spiro atoms. The van der Waals surface area contributed by atoms with Crippen LogP contribution in [0.15, 0.2) is 93.6 Å². The van der Waals surface area contributed by atoms with Crippen molar-refractivity contribution in [2.75, 3.05) is 12.4 Å². The molecule has 0 fully saturated rings. The van der Waals surface area contributed by atoms with Gasteiger partial charge in [0.2, 0.25) is 5.91 Å². The van der Waals surface area contributed by atoms with E-state index in [4.69, 9.17) is 4.74 Å². The van der Waals surface area contributed by atoms with Gasteiger partial charge in [-0.2, -0.15) is 0 Å². The van der Waals surface area contributed by atoms with E-state index in [0.717, 1.165) is 31.7 Å². The maximum Gasteiger partial charge on any atom is 0.249 e. The number of carbonyl (C=O) groups excluding carboxylic acids is 1. The van der Waals surface area contributed by atoms with Crippen LogP contribution in [0.4, 0.5) is 5.69 Å². The third-order valence-electron chi connectivity index (χ3n) is 4.05. The molecule has 0 aliphatic carbocycles. The summed E-state index contributed by atoms with van der Waals surface area (Å²) in [5, 5.41) is 2.97. The molecule has 27 heavy (non-hydrogen) atoms. The highest BCUT2D eigenvalue weighted by molar-refractivity contribution is 8.08. The number of hydrogen-bond donors (Lipinski definition) is 1. The van der Waals surface area contributed by atoms with Crippen molar-refractivity contribution in [3.8, 4) is 5.75 Å². The van der Waals surface area contributed by atoms with Gasteiger partial charge in [-0.05, 0) is 48.0 Å². The Morgan fingerprint density at radius 3 is 2.44 bits per heavy atom. The van der Waals surface area contributed by atoms with Crippen molar-refractivity contribution in [3.05, 3.63) is 84.4 Å². The molecule has 0 saturated carbocycles. The predicted octanol–water partition coefficient (Wildman–Crippen LogP) is 5.93. The van der Waals surface area contributed by atoms with Crippen LogP contribution in [-0.4, -0.2) is 13.0 Å². The Bertz CT molecular complexity index is 999. The van der Waals surface area contributed by atoms with Gasteiger partial charge in [0.15, 0.2) is 0 Å². The first-order valence-corrected chi connectivity index (χ1v) is 10.1. The first-order valence-electron chi connectivity index (χ1n) is 8.43. The maximum atomic E-state index is 12.3. The Balaban J connectivity index is 1.64. The topological polar surface area (TPSA) is 38.3 Å². The molecule has 0 aromatic heterocycles. The second-order valence-electron chi connectivity index (χ2n) is 5.90. The summed E-state index contributed by atoms with van der Waals surface area (Å²) in [5.41, 5.74) is 1.83. The lowest BCUT2D eigenvalue weighted by molar-refractivity contribution is -0.111. The number of rotatable bonds is 4. The van der Waals surface area contributed by atoms with Crippen molar-refractivity contribution >= 4 is 40.0 Å². The van der Waals surface area contributed by atoms with Crippen molar-refractivity contribution < 1.29 is 9.53 Å². The van der Waals surface area contributed by atoms with E-state index < -0.39 is 0 Å². The third kappa shape index (κ3) is 4.21. The zero-order chi connectivity index (χ0) is 18.6. The largest absolute Gasteiger partial charge is 0.497 e. The highest BCUT2D eigenvalue weighted by Crippen LogP contribution is 2.43. The number of anilines is 1. The fraction of sp³-hybridized carbons (Fsp3) is 0.0455. The van der Waals surface area contributed by atoms with E-state index in [9.17, 15) is 4.79 Å². The van der Waals surface area contributed by atoms with Crippen LogP contribution in [0.5, 0.6) is 5.75 Å². The molecule has 3 aromatic carbocycles. The zero-order valence-corrected chi connectivity index (χ0v) is 16.3. The van der Waals surface area contributed by atoms with Gasteiger partial charge in [-0.3, -0.25) is 4.79 Å². The van der Waals surface area contributed by atoms with E-state index in [1.54, 1.807) is 36.7 Å². The van der Waals surface area contributed by atoms with Crippen LogP contribution in [0, 0.1) is 0 Å². The van der Waals surface area contributed by atoms with E-state index in [1.807, 2.05) is 54.6 Å². The molecule has 1 N–H and O–H groups in total. The minimum Gasteiger partial charge on any atom is -0.497 e. The molecule has 0 radical (unpaired) electrons. The molecule has 1 aliphatic rings. The molecular formula is C22H17NO2S2. The second-order valence-corrected chi connectivity index (χ2v) is 8.13. The number of methoxy groups -OCH3 is 1. The number of amides is 1.